The van der Waals surface area contributed by atoms with Crippen molar-refractivity contribution < 1.29 is 62.2 Å². The Morgan fingerprint density at radius 3 is 1.53 bits per heavy atom. The van der Waals surface area contributed by atoms with Crippen LogP contribution in [0.25, 0.3) is 0 Å². The molecule has 16 rings (SSSR count). The Morgan fingerprint density at radius 1 is 0.562 bits per heavy atom. The number of piperazine rings is 2. The van der Waals surface area contributed by atoms with Gasteiger partial charge >= 0.3 is 0 Å². The smallest absolute Gasteiger partial charge is 0.281 e. The fourth-order valence-electron chi connectivity index (χ4n) is 20.0. The first-order valence-electron chi connectivity index (χ1n) is 41.8. The van der Waals surface area contributed by atoms with Crippen LogP contribution in [0, 0.1) is 62.1 Å². The second-order valence-corrected chi connectivity index (χ2v) is 36.4. The molecule has 0 bridgehead atoms. The van der Waals surface area contributed by atoms with Gasteiger partial charge in [-0.1, -0.05) is 78.6 Å². The molecule has 634 valence electrons. The number of ether oxygens (including phenoxy) is 2. The number of halogens is 2. The zero-order valence-electron chi connectivity index (χ0n) is 69.5. The summed E-state index contributed by atoms with van der Waals surface area (Å²) in [6, 6.07) is 28.2. The summed E-state index contributed by atoms with van der Waals surface area (Å²) in [5.74, 6) is -0.639. The van der Waals surface area contributed by atoms with Crippen LogP contribution in [0.3, 0.4) is 0 Å². The van der Waals surface area contributed by atoms with Crippen LogP contribution in [-0.2, 0) is 24.0 Å². The fraction of sp³-hybridized carbons (Fsp3) is 0.500. The van der Waals surface area contributed by atoms with Crippen molar-refractivity contribution in [1.82, 2.24) is 50.6 Å². The summed E-state index contributed by atoms with van der Waals surface area (Å²) in [5, 5.41) is 27.7. The van der Waals surface area contributed by atoms with Gasteiger partial charge in [0.05, 0.1) is 44.8 Å². The molecule has 2 unspecified atom stereocenters. The first-order valence-corrected chi connectivity index (χ1v) is 42.6. The van der Waals surface area contributed by atoms with Crippen molar-refractivity contribution >= 4 is 111 Å². The summed E-state index contributed by atoms with van der Waals surface area (Å²) in [7, 11) is 0. The standard InChI is InChI=1S/C45H51ClN8O6.C30H35ClN2O3.C15H16N6O4/c1-44(2)41(45(3,4)42(44)60-32-11-7-29(25-47)34(46)24-32)50-38(57)28-5-8-30(9-6-28)52-17-14-27(15-18-52)13-16-51-19-21-53(22-20-51)43-48-26-33-37(49-43)40(59)54(39(33)58)35-12-10-31(55)23-36(35)56;1-29(2)27(30(3,4)28(29)36-24-10-7-22(19-32)25(31)17-24)18-26(35)21-5-8-23(9-6-21)33-14-11-20(12-15-33)13-16-34;22-10-2-1-9(12(23)18-10)21-13(24)8-7-17-15(19-11(8)14(21)25)20-5-3-16-4-6-20/h5-9,11,24,26-27,35,41-42H,10,12-23H2,1-4H3,(H,50,57);5-10,16-17,20,27-28H,11-15,18H2,1-4H3;7,9,16H,1-6H2,(H,18,22,23). The van der Waals surface area contributed by atoms with Gasteiger partial charge in [-0.2, -0.15) is 10.5 Å². The highest BCUT2D eigenvalue weighted by atomic mass is 35.5. The predicted octanol–water partition coefficient (Wildman–Crippen LogP) is 10.3. The highest BCUT2D eigenvalue weighted by molar-refractivity contribution is 6.32. The predicted molar refractivity (Wildman–Crippen MR) is 451 cm³/mol. The second-order valence-electron chi connectivity index (χ2n) is 35.6. The lowest BCUT2D eigenvalue weighted by atomic mass is 9.44. The number of imide groups is 3. The quantitative estimate of drug-likeness (QED) is 0.0277. The third kappa shape index (κ3) is 17.7. The van der Waals surface area contributed by atoms with E-state index in [9.17, 15) is 58.0 Å². The molecule has 9 heterocycles. The molecule has 8 fully saturated rings. The first-order chi connectivity index (χ1) is 57.8. The van der Waals surface area contributed by atoms with Gasteiger partial charge in [-0.25, -0.2) is 19.9 Å². The lowest BCUT2D eigenvalue weighted by Gasteiger charge is -2.63. The summed E-state index contributed by atoms with van der Waals surface area (Å²) in [6.45, 7) is 27.9. The molecule has 3 aliphatic carbocycles. The van der Waals surface area contributed by atoms with E-state index in [1.54, 1.807) is 36.4 Å². The van der Waals surface area contributed by atoms with Crippen LogP contribution in [0.2, 0.25) is 10.0 Å². The SMILES string of the molecule is CC1(C)C(CC(=O)c2ccc(N3CCC(CC=O)CC3)cc2)C(C)(C)C1Oc1ccc(C#N)c(Cl)c1.CC1(C)C(NC(=O)c2ccc(N3CCC(CCN4CCN(c5ncc6c(n5)C(=O)N(C5CCC(=O)CC5=O)C6=O)CC4)CC3)cc2)C(C)(C)C1Oc1ccc(C#N)c(Cl)c1.O=C1CCC(N2C(=O)c3cnc(N4CCNCC4)nc3C2=O)C(=O)N1. The van der Waals surface area contributed by atoms with Gasteiger partial charge in [0.25, 0.3) is 29.5 Å². The summed E-state index contributed by atoms with van der Waals surface area (Å²) in [6.07, 6.45) is 10.3. The number of nitrogens with one attached hydrogen (secondary N) is 3. The maximum absolute atomic E-state index is 13.5. The molecule has 121 heavy (non-hydrogen) atoms. The lowest BCUT2D eigenvalue weighted by molar-refractivity contribution is -0.196. The van der Waals surface area contributed by atoms with Crippen LogP contribution in [0.5, 0.6) is 11.5 Å². The Balaban J connectivity index is 0.000000165. The molecule has 10 aliphatic rings. The van der Waals surface area contributed by atoms with Crippen LogP contribution in [0.15, 0.2) is 97.3 Å². The number of amides is 7. The minimum absolute atomic E-state index is 0.0123. The van der Waals surface area contributed by atoms with E-state index in [4.69, 9.17) is 37.9 Å². The first kappa shape index (κ1) is 86.3. The van der Waals surface area contributed by atoms with Gasteiger partial charge in [0.2, 0.25) is 23.7 Å². The molecule has 0 radical (unpaired) electrons. The van der Waals surface area contributed by atoms with E-state index in [1.165, 1.54) is 12.4 Å². The van der Waals surface area contributed by atoms with Gasteiger partial charge in [-0.05, 0) is 142 Å². The number of aromatic nitrogens is 4. The van der Waals surface area contributed by atoms with Crippen LogP contribution in [-0.4, -0.2) is 215 Å². The largest absolute Gasteiger partial charge is 0.489 e. The Morgan fingerprint density at radius 2 is 1.04 bits per heavy atom. The van der Waals surface area contributed by atoms with Gasteiger partial charge < -0.3 is 44.5 Å². The summed E-state index contributed by atoms with van der Waals surface area (Å²) >= 11 is 12.5. The zero-order valence-corrected chi connectivity index (χ0v) is 71.0. The number of ketones is 3. The van der Waals surface area contributed by atoms with Gasteiger partial charge in [-0.3, -0.25) is 68.0 Å². The molecular formula is C90H102Cl2N16O13. The normalized spacial score (nSPS) is 23.7. The number of carbonyl (C=O) groups is 11. The Kier molecular flexibility index (Phi) is 25.3. The highest BCUT2D eigenvalue weighted by Crippen LogP contribution is 2.62. The number of aldehydes is 1. The molecule has 7 aliphatic heterocycles. The third-order valence-electron chi connectivity index (χ3n) is 26.5. The number of rotatable bonds is 20. The van der Waals surface area contributed by atoms with Crippen LogP contribution >= 0.6 is 23.2 Å². The maximum atomic E-state index is 13.5. The number of Topliss-reactive ketones (excluding diaryl/α,β-unsaturated/α-hetero) is 3. The Bertz CT molecular complexity index is 5120. The molecule has 2 aromatic heterocycles. The van der Waals surface area contributed by atoms with Gasteiger partial charge in [-0.15, -0.1) is 0 Å². The van der Waals surface area contributed by atoms with Crippen molar-refractivity contribution in [1.29, 1.82) is 10.5 Å². The number of nitriles is 2. The number of anilines is 4. The van der Waals surface area contributed by atoms with E-state index in [-0.39, 0.29) is 118 Å². The number of piperidine rings is 3. The summed E-state index contributed by atoms with van der Waals surface area (Å²) in [4.78, 5) is 167. The van der Waals surface area contributed by atoms with Crippen molar-refractivity contribution in [2.24, 2.45) is 39.4 Å². The van der Waals surface area contributed by atoms with Crippen molar-refractivity contribution in [3.63, 3.8) is 0 Å². The van der Waals surface area contributed by atoms with Gasteiger partial charge in [0, 0.05) is 179 Å². The molecule has 3 N–H and O–H groups in total. The monoisotopic (exact) mass is 1680 g/mol. The molecule has 31 heteroatoms. The third-order valence-corrected chi connectivity index (χ3v) is 27.1. The van der Waals surface area contributed by atoms with E-state index >= 15 is 0 Å². The van der Waals surface area contributed by atoms with Crippen molar-refractivity contribution in [2.45, 2.75) is 163 Å². The molecule has 4 aromatic carbocycles. The van der Waals surface area contributed by atoms with Crippen molar-refractivity contribution in [2.75, 3.05) is 105 Å². The van der Waals surface area contributed by atoms with Crippen LogP contribution in [0.4, 0.5) is 23.3 Å². The van der Waals surface area contributed by atoms with E-state index < -0.39 is 53.3 Å². The Labute approximate surface area is 713 Å². The maximum Gasteiger partial charge on any atom is 0.281 e. The summed E-state index contributed by atoms with van der Waals surface area (Å²) < 4.78 is 12.7. The van der Waals surface area contributed by atoms with Crippen LogP contribution in [0.1, 0.15) is 206 Å². The van der Waals surface area contributed by atoms with Gasteiger partial charge in [0.15, 0.2) is 11.6 Å². The minimum Gasteiger partial charge on any atom is -0.489 e. The van der Waals surface area contributed by atoms with Crippen molar-refractivity contribution in [3.8, 4) is 23.6 Å². The number of benzene rings is 4. The number of hydrogen-bond acceptors (Lipinski definition) is 25. The second kappa shape index (κ2) is 35.5. The molecule has 5 saturated heterocycles. The molecule has 29 nitrogen and oxygen atoms in total. The highest BCUT2D eigenvalue weighted by Gasteiger charge is 2.65. The molecule has 3 saturated carbocycles. The zero-order chi connectivity index (χ0) is 86.1. The number of nitrogens with zero attached hydrogens (tertiary/aromatic N) is 13. The average Bonchev–Trinajstić information content (AvgIpc) is 1.58. The molecule has 2 atom stereocenters. The molecule has 6 aromatic rings. The van der Waals surface area contributed by atoms with E-state index in [0.717, 1.165) is 124 Å². The van der Waals surface area contributed by atoms with Gasteiger partial charge in [0.1, 0.15) is 65.3 Å². The molecule has 0 spiro atoms. The number of fused-ring (bicyclic) bond motifs is 2. The minimum atomic E-state index is -0.991. The molecular weight excluding hydrogens is 1580 g/mol. The number of hydrogen-bond donors (Lipinski definition) is 3. The lowest BCUT2D eigenvalue weighted by Crippen LogP contribution is -2.74. The topological polar surface area (TPSA) is 364 Å². The Hall–Kier alpha value is -11.1. The number of carbonyl (C=O) groups excluding carboxylic acids is 11. The van der Waals surface area contributed by atoms with E-state index in [1.807, 2.05) is 58.3 Å². The molecule has 7 amide bonds. The fourth-order valence-corrected chi connectivity index (χ4v) is 20.5. The van der Waals surface area contributed by atoms with E-state index in [2.05, 4.69) is 118 Å². The van der Waals surface area contributed by atoms with Crippen LogP contribution < -0.4 is 45.0 Å². The van der Waals surface area contributed by atoms with Crippen molar-refractivity contribution in [3.05, 3.63) is 152 Å². The summed E-state index contributed by atoms with van der Waals surface area (Å²) in [5.41, 5.74) is 3.56. The average molecular weight is 1690 g/mol. The van der Waals surface area contributed by atoms with E-state index in [0.29, 0.717) is 101 Å².